The summed E-state index contributed by atoms with van der Waals surface area (Å²) in [6, 6.07) is 8.67. The summed E-state index contributed by atoms with van der Waals surface area (Å²) in [4.78, 5) is 23.2. The maximum Gasteiger partial charge on any atom is 0.312 e. The van der Waals surface area contributed by atoms with Gasteiger partial charge in [0.1, 0.15) is 6.42 Å². The molecule has 3 aromatic rings. The smallest absolute Gasteiger partial charge is 0.312 e. The molecule has 1 aliphatic carbocycles. The van der Waals surface area contributed by atoms with E-state index in [1.807, 2.05) is 0 Å². The monoisotopic (exact) mass is 337 g/mol. The quantitative estimate of drug-likeness (QED) is 0.723. The Hall–Kier alpha value is -3.29. The number of carbonyl (C=O) groups is 1. The number of hydrogen-bond acceptors (Lipinski definition) is 7. The second-order valence-corrected chi connectivity index (χ2v) is 5.90. The molecular formula is C17H15N5O3. The molecule has 0 unspecified atom stereocenters. The van der Waals surface area contributed by atoms with Crippen LogP contribution >= 0.6 is 0 Å². The summed E-state index contributed by atoms with van der Waals surface area (Å²) >= 11 is 0. The number of aromatic nitrogens is 4. The van der Waals surface area contributed by atoms with Crippen molar-refractivity contribution in [2.75, 3.05) is 5.32 Å². The molecule has 2 aromatic heterocycles. The van der Waals surface area contributed by atoms with Crippen molar-refractivity contribution in [2.45, 2.75) is 25.3 Å². The average molecular weight is 337 g/mol. The van der Waals surface area contributed by atoms with E-state index in [1.165, 1.54) is 11.1 Å². The number of benzene rings is 1. The number of anilines is 1. The van der Waals surface area contributed by atoms with Gasteiger partial charge >= 0.3 is 5.97 Å². The Morgan fingerprint density at radius 2 is 1.88 bits per heavy atom. The first-order chi connectivity index (χ1) is 12.2. The van der Waals surface area contributed by atoms with Crippen molar-refractivity contribution in [1.82, 2.24) is 20.1 Å². The van der Waals surface area contributed by atoms with Gasteiger partial charge in [0, 0.05) is 18.4 Å². The van der Waals surface area contributed by atoms with Gasteiger partial charge in [0.15, 0.2) is 0 Å². The Morgan fingerprint density at radius 1 is 1.20 bits per heavy atom. The zero-order chi connectivity index (χ0) is 17.2. The lowest BCUT2D eigenvalue weighted by molar-refractivity contribution is -0.136. The number of nitrogens with zero attached hydrogens (tertiary/aromatic N) is 4. The lowest BCUT2D eigenvalue weighted by atomic mass is 10.1. The fourth-order valence-electron chi connectivity index (χ4n) is 2.93. The normalized spacial score (nSPS) is 13.6. The molecule has 0 radical (unpaired) electrons. The summed E-state index contributed by atoms with van der Waals surface area (Å²) < 4.78 is 4.89. The van der Waals surface area contributed by atoms with Gasteiger partial charge in [-0.15, -0.1) is 0 Å². The highest BCUT2D eigenvalue weighted by molar-refractivity contribution is 5.69. The van der Waals surface area contributed by atoms with Crippen LogP contribution in [0.1, 0.15) is 17.0 Å². The zero-order valence-corrected chi connectivity index (χ0v) is 13.2. The van der Waals surface area contributed by atoms with Crippen molar-refractivity contribution < 1.29 is 14.4 Å². The van der Waals surface area contributed by atoms with E-state index in [9.17, 15) is 4.79 Å². The van der Waals surface area contributed by atoms with Gasteiger partial charge in [0.05, 0.1) is 5.56 Å². The van der Waals surface area contributed by atoms with Crippen molar-refractivity contribution in [2.24, 2.45) is 0 Å². The molecule has 8 nitrogen and oxygen atoms in total. The summed E-state index contributed by atoms with van der Waals surface area (Å²) in [5, 5.41) is 15.8. The molecule has 0 atom stereocenters. The second kappa shape index (κ2) is 6.31. The Bertz CT molecular complexity index is 882. The third-order valence-electron chi connectivity index (χ3n) is 4.06. The van der Waals surface area contributed by atoms with E-state index < -0.39 is 5.97 Å². The number of nitrogens with one attached hydrogen (secondary N) is 1. The minimum absolute atomic E-state index is 0.0495. The molecular weight excluding hydrogens is 322 g/mol. The summed E-state index contributed by atoms with van der Waals surface area (Å²) in [5.74, 6) is -0.163. The fourth-order valence-corrected chi connectivity index (χ4v) is 2.93. The maximum absolute atomic E-state index is 10.6. The standard InChI is InChI=1S/C17H15N5O3/c23-15(24)7-14-21-16(22-25-14)12-8-18-17(19-9-12)20-13-5-10-3-1-2-4-11(10)6-13/h1-4,8-9,13H,5-7H2,(H,23,24)(H,18,19,20). The van der Waals surface area contributed by atoms with Crippen molar-refractivity contribution in [1.29, 1.82) is 0 Å². The molecule has 0 saturated heterocycles. The van der Waals surface area contributed by atoms with Crippen LogP contribution < -0.4 is 5.32 Å². The Kier molecular flexibility index (Phi) is 3.85. The molecule has 0 fully saturated rings. The second-order valence-electron chi connectivity index (χ2n) is 5.90. The van der Waals surface area contributed by atoms with Crippen molar-refractivity contribution in [3.63, 3.8) is 0 Å². The zero-order valence-electron chi connectivity index (χ0n) is 13.2. The van der Waals surface area contributed by atoms with Gasteiger partial charge in [-0.3, -0.25) is 4.79 Å². The molecule has 2 N–H and O–H groups in total. The van der Waals surface area contributed by atoms with Gasteiger partial charge in [-0.25, -0.2) is 9.97 Å². The topological polar surface area (TPSA) is 114 Å². The van der Waals surface area contributed by atoms with E-state index in [0.29, 0.717) is 11.5 Å². The van der Waals surface area contributed by atoms with Crippen LogP contribution in [0.25, 0.3) is 11.4 Å². The van der Waals surface area contributed by atoms with E-state index in [4.69, 9.17) is 9.63 Å². The average Bonchev–Trinajstić information content (AvgIpc) is 3.21. The molecule has 126 valence electrons. The van der Waals surface area contributed by atoms with Gasteiger partial charge in [-0.05, 0) is 24.0 Å². The highest BCUT2D eigenvalue weighted by Gasteiger charge is 2.21. The van der Waals surface area contributed by atoms with E-state index in [2.05, 4.69) is 49.7 Å². The molecule has 0 aliphatic heterocycles. The molecule has 1 aliphatic rings. The highest BCUT2D eigenvalue weighted by atomic mass is 16.5. The molecule has 0 bridgehead atoms. The summed E-state index contributed by atoms with van der Waals surface area (Å²) in [6.07, 6.45) is 4.77. The van der Waals surface area contributed by atoms with E-state index in [0.717, 1.165) is 12.8 Å². The highest BCUT2D eigenvalue weighted by Crippen LogP contribution is 2.23. The number of hydrogen-bond donors (Lipinski definition) is 2. The number of fused-ring (bicyclic) bond motifs is 1. The van der Waals surface area contributed by atoms with Crippen molar-refractivity contribution >= 4 is 11.9 Å². The van der Waals surface area contributed by atoms with Crippen LogP contribution in [0.2, 0.25) is 0 Å². The number of carboxylic acid groups (broad SMARTS) is 1. The lowest BCUT2D eigenvalue weighted by Crippen LogP contribution is -2.20. The number of aliphatic carboxylic acids is 1. The van der Waals surface area contributed by atoms with Gasteiger partial charge in [-0.2, -0.15) is 4.98 Å². The number of carboxylic acids is 1. The third kappa shape index (κ3) is 3.32. The molecule has 1 aromatic carbocycles. The van der Waals surface area contributed by atoms with Crippen LogP contribution in [0.3, 0.4) is 0 Å². The fraction of sp³-hybridized carbons (Fsp3) is 0.235. The Labute approximate surface area is 142 Å². The molecule has 0 spiro atoms. The molecule has 0 saturated carbocycles. The van der Waals surface area contributed by atoms with Crippen molar-refractivity contribution in [3.8, 4) is 11.4 Å². The first-order valence-corrected chi connectivity index (χ1v) is 7.87. The van der Waals surface area contributed by atoms with E-state index >= 15 is 0 Å². The molecule has 0 amide bonds. The maximum atomic E-state index is 10.6. The predicted molar refractivity (Wildman–Crippen MR) is 87.9 cm³/mol. The van der Waals surface area contributed by atoms with E-state index in [1.54, 1.807) is 12.4 Å². The molecule has 25 heavy (non-hydrogen) atoms. The minimum Gasteiger partial charge on any atom is -0.481 e. The Morgan fingerprint density at radius 3 is 2.52 bits per heavy atom. The Balaban J connectivity index is 1.42. The van der Waals surface area contributed by atoms with Crippen LogP contribution in [-0.4, -0.2) is 37.2 Å². The van der Waals surface area contributed by atoms with Gasteiger partial charge in [0.25, 0.3) is 0 Å². The van der Waals surface area contributed by atoms with Crippen LogP contribution in [0.5, 0.6) is 0 Å². The first-order valence-electron chi connectivity index (χ1n) is 7.87. The largest absolute Gasteiger partial charge is 0.481 e. The minimum atomic E-state index is -1.02. The first kappa shape index (κ1) is 15.3. The molecule has 2 heterocycles. The van der Waals surface area contributed by atoms with Gasteiger partial charge in [-0.1, -0.05) is 29.4 Å². The number of rotatable bonds is 5. The van der Waals surface area contributed by atoms with Crippen LogP contribution in [-0.2, 0) is 24.1 Å². The van der Waals surface area contributed by atoms with Crippen LogP contribution in [0.15, 0.2) is 41.2 Å². The van der Waals surface area contributed by atoms with Gasteiger partial charge < -0.3 is 14.9 Å². The molecule has 8 heteroatoms. The summed E-state index contributed by atoms with van der Waals surface area (Å²) in [6.45, 7) is 0. The van der Waals surface area contributed by atoms with Crippen LogP contribution in [0, 0.1) is 0 Å². The van der Waals surface area contributed by atoms with Crippen LogP contribution in [0.4, 0.5) is 5.95 Å². The lowest BCUT2D eigenvalue weighted by Gasteiger charge is -2.11. The molecule has 4 rings (SSSR count). The predicted octanol–water partition coefficient (Wildman–Crippen LogP) is 1.73. The van der Waals surface area contributed by atoms with Gasteiger partial charge in [0.2, 0.25) is 17.7 Å². The SMILES string of the molecule is O=C(O)Cc1nc(-c2cnc(NC3Cc4ccccc4C3)nc2)no1. The van der Waals surface area contributed by atoms with Crippen molar-refractivity contribution in [3.05, 3.63) is 53.7 Å². The third-order valence-corrected chi connectivity index (χ3v) is 4.06. The summed E-state index contributed by atoms with van der Waals surface area (Å²) in [5.41, 5.74) is 3.28. The van der Waals surface area contributed by atoms with E-state index in [-0.39, 0.29) is 24.2 Å². The summed E-state index contributed by atoms with van der Waals surface area (Å²) in [7, 11) is 0.